The normalized spacial score (nSPS) is 21.8. The summed E-state index contributed by atoms with van der Waals surface area (Å²) in [6.07, 6.45) is 7.51. The SMILES string of the molecule is CN=C(NCCc1cc(Cl)c2c(c1)OCCO2)NC1CCN(C(=O)C2CCCCC2)C1. The number of fused-ring (bicyclic) bond motifs is 1. The van der Waals surface area contributed by atoms with Crippen molar-refractivity contribution in [3.63, 3.8) is 0 Å². The van der Waals surface area contributed by atoms with E-state index in [-0.39, 0.29) is 12.0 Å². The van der Waals surface area contributed by atoms with E-state index in [2.05, 4.69) is 15.6 Å². The van der Waals surface area contributed by atoms with Crippen molar-refractivity contribution < 1.29 is 14.3 Å². The van der Waals surface area contributed by atoms with Crippen LogP contribution in [0, 0.1) is 5.92 Å². The van der Waals surface area contributed by atoms with Gasteiger partial charge in [0.25, 0.3) is 0 Å². The molecule has 1 amide bonds. The summed E-state index contributed by atoms with van der Waals surface area (Å²) in [5, 5.41) is 7.43. The van der Waals surface area contributed by atoms with Crippen LogP contribution in [0.4, 0.5) is 0 Å². The van der Waals surface area contributed by atoms with E-state index in [1.54, 1.807) is 7.05 Å². The van der Waals surface area contributed by atoms with E-state index < -0.39 is 0 Å². The van der Waals surface area contributed by atoms with Gasteiger partial charge in [0.15, 0.2) is 17.5 Å². The number of hydrogen-bond acceptors (Lipinski definition) is 4. The third kappa shape index (κ3) is 5.56. The zero-order valence-electron chi connectivity index (χ0n) is 18.3. The lowest BCUT2D eigenvalue weighted by Crippen LogP contribution is -2.46. The molecule has 7 nitrogen and oxygen atoms in total. The molecule has 2 heterocycles. The standard InChI is InChI=1S/C23H33ClN4O3/c1-25-23(26-9-7-16-13-19(24)21-20(14-16)30-11-12-31-21)27-18-8-10-28(15-18)22(29)17-5-3-2-4-6-17/h13-14,17-18H,2-12,15H2,1H3,(H2,25,26,27). The molecule has 1 aromatic carbocycles. The number of hydrogen-bond donors (Lipinski definition) is 2. The third-order valence-electron chi connectivity index (χ3n) is 6.38. The van der Waals surface area contributed by atoms with E-state index in [0.717, 1.165) is 50.3 Å². The van der Waals surface area contributed by atoms with Gasteiger partial charge in [0.1, 0.15) is 13.2 Å². The highest BCUT2D eigenvalue weighted by Crippen LogP contribution is 2.38. The highest BCUT2D eigenvalue weighted by Gasteiger charge is 2.31. The Morgan fingerprint density at radius 3 is 2.81 bits per heavy atom. The second-order valence-corrected chi connectivity index (χ2v) is 9.01. The summed E-state index contributed by atoms with van der Waals surface area (Å²) in [4.78, 5) is 19.2. The van der Waals surface area contributed by atoms with Gasteiger partial charge in [-0.25, -0.2) is 0 Å². The molecule has 1 atom stereocenters. The van der Waals surface area contributed by atoms with Crippen LogP contribution in [0.5, 0.6) is 11.5 Å². The Balaban J connectivity index is 1.23. The number of guanidine groups is 1. The summed E-state index contributed by atoms with van der Waals surface area (Å²) in [6.45, 7) is 3.38. The summed E-state index contributed by atoms with van der Waals surface area (Å²) < 4.78 is 11.2. The summed E-state index contributed by atoms with van der Waals surface area (Å²) in [5.74, 6) is 2.70. The minimum atomic E-state index is 0.238. The van der Waals surface area contributed by atoms with Crippen LogP contribution in [0.15, 0.2) is 17.1 Å². The molecule has 1 unspecified atom stereocenters. The van der Waals surface area contributed by atoms with Crippen molar-refractivity contribution in [3.05, 3.63) is 22.7 Å². The molecule has 170 valence electrons. The van der Waals surface area contributed by atoms with Gasteiger partial charge >= 0.3 is 0 Å². The van der Waals surface area contributed by atoms with Crippen LogP contribution in [0.25, 0.3) is 0 Å². The molecule has 0 aromatic heterocycles. The number of benzene rings is 1. The molecule has 0 bridgehead atoms. The first-order valence-electron chi connectivity index (χ1n) is 11.5. The number of carbonyl (C=O) groups is 1. The Kier molecular flexibility index (Phi) is 7.43. The molecule has 0 radical (unpaired) electrons. The van der Waals surface area contributed by atoms with Crippen molar-refractivity contribution in [1.29, 1.82) is 0 Å². The van der Waals surface area contributed by atoms with Gasteiger partial charge in [-0.3, -0.25) is 9.79 Å². The molecule has 0 spiro atoms. The quantitative estimate of drug-likeness (QED) is 0.535. The summed E-state index contributed by atoms with van der Waals surface area (Å²) in [7, 11) is 1.77. The fourth-order valence-electron chi connectivity index (χ4n) is 4.71. The smallest absolute Gasteiger partial charge is 0.225 e. The Morgan fingerprint density at radius 2 is 2.00 bits per heavy atom. The van der Waals surface area contributed by atoms with E-state index in [4.69, 9.17) is 21.1 Å². The molecule has 4 rings (SSSR count). The average Bonchev–Trinajstić information content (AvgIpc) is 3.27. The number of likely N-dealkylation sites (tertiary alicyclic amines) is 1. The highest BCUT2D eigenvalue weighted by atomic mass is 35.5. The first-order valence-corrected chi connectivity index (χ1v) is 11.9. The molecule has 3 aliphatic rings. The van der Waals surface area contributed by atoms with E-state index in [9.17, 15) is 4.79 Å². The van der Waals surface area contributed by atoms with Crippen LogP contribution in [-0.4, -0.2) is 62.7 Å². The van der Waals surface area contributed by atoms with Gasteiger partial charge < -0.3 is 25.0 Å². The lowest BCUT2D eigenvalue weighted by Gasteiger charge is -2.26. The highest BCUT2D eigenvalue weighted by molar-refractivity contribution is 6.32. The number of aliphatic imine (C=N–C) groups is 1. The maximum atomic E-state index is 12.8. The van der Waals surface area contributed by atoms with Crippen molar-refractivity contribution in [2.24, 2.45) is 10.9 Å². The van der Waals surface area contributed by atoms with Gasteiger partial charge in [-0.2, -0.15) is 0 Å². The Morgan fingerprint density at radius 1 is 1.19 bits per heavy atom. The first kappa shape index (κ1) is 22.1. The van der Waals surface area contributed by atoms with Crippen molar-refractivity contribution in [2.45, 2.75) is 51.0 Å². The van der Waals surface area contributed by atoms with Crippen LogP contribution in [0.3, 0.4) is 0 Å². The Labute approximate surface area is 189 Å². The van der Waals surface area contributed by atoms with Gasteiger partial charge in [-0.05, 0) is 43.4 Å². The lowest BCUT2D eigenvalue weighted by atomic mass is 9.88. The number of nitrogens with one attached hydrogen (secondary N) is 2. The lowest BCUT2D eigenvalue weighted by molar-refractivity contribution is -0.135. The summed E-state index contributed by atoms with van der Waals surface area (Å²) >= 11 is 6.33. The summed E-state index contributed by atoms with van der Waals surface area (Å²) in [5.41, 5.74) is 1.09. The minimum absolute atomic E-state index is 0.238. The van der Waals surface area contributed by atoms with Crippen molar-refractivity contribution in [2.75, 3.05) is 39.9 Å². The fraction of sp³-hybridized carbons (Fsp3) is 0.652. The molecule has 2 N–H and O–H groups in total. The largest absolute Gasteiger partial charge is 0.486 e. The predicted molar refractivity (Wildman–Crippen MR) is 122 cm³/mol. The molecular weight excluding hydrogens is 416 g/mol. The molecule has 8 heteroatoms. The average molecular weight is 449 g/mol. The zero-order valence-corrected chi connectivity index (χ0v) is 19.0. The van der Waals surface area contributed by atoms with E-state index >= 15 is 0 Å². The summed E-state index contributed by atoms with van der Waals surface area (Å²) in [6, 6.07) is 4.16. The number of ether oxygens (including phenoxy) is 2. The second kappa shape index (κ2) is 10.4. The van der Waals surface area contributed by atoms with Crippen LogP contribution >= 0.6 is 11.6 Å². The van der Waals surface area contributed by atoms with Crippen molar-refractivity contribution in [1.82, 2.24) is 15.5 Å². The van der Waals surface area contributed by atoms with Crippen LogP contribution < -0.4 is 20.1 Å². The van der Waals surface area contributed by atoms with Gasteiger partial charge in [0.2, 0.25) is 5.91 Å². The Bertz CT molecular complexity index is 810. The van der Waals surface area contributed by atoms with Crippen molar-refractivity contribution in [3.8, 4) is 11.5 Å². The van der Waals surface area contributed by atoms with Gasteiger partial charge in [0.05, 0.1) is 5.02 Å². The zero-order chi connectivity index (χ0) is 21.6. The third-order valence-corrected chi connectivity index (χ3v) is 6.66. The first-order chi connectivity index (χ1) is 15.1. The molecule has 1 aromatic rings. The molecule has 1 aliphatic carbocycles. The number of carbonyl (C=O) groups excluding carboxylic acids is 1. The van der Waals surface area contributed by atoms with Gasteiger partial charge in [-0.1, -0.05) is 30.9 Å². The number of amides is 1. The number of halogens is 1. The molecular formula is C23H33ClN4O3. The molecule has 2 aliphatic heterocycles. The van der Waals surface area contributed by atoms with E-state index in [1.807, 2.05) is 17.0 Å². The topological polar surface area (TPSA) is 75.2 Å². The Hall–Kier alpha value is -2.15. The van der Waals surface area contributed by atoms with Gasteiger partial charge in [0, 0.05) is 38.6 Å². The predicted octanol–water partition coefficient (Wildman–Crippen LogP) is 3.00. The van der Waals surface area contributed by atoms with Crippen LogP contribution in [-0.2, 0) is 11.2 Å². The fourth-order valence-corrected chi connectivity index (χ4v) is 5.00. The van der Waals surface area contributed by atoms with Crippen molar-refractivity contribution >= 4 is 23.5 Å². The van der Waals surface area contributed by atoms with E-state index in [1.165, 1.54) is 19.3 Å². The second-order valence-electron chi connectivity index (χ2n) is 8.60. The van der Waals surface area contributed by atoms with Crippen LogP contribution in [0.2, 0.25) is 5.02 Å². The maximum absolute atomic E-state index is 12.8. The molecule has 1 saturated heterocycles. The van der Waals surface area contributed by atoms with E-state index in [0.29, 0.717) is 42.2 Å². The monoisotopic (exact) mass is 448 g/mol. The molecule has 2 fully saturated rings. The molecule has 31 heavy (non-hydrogen) atoms. The maximum Gasteiger partial charge on any atom is 0.225 e. The minimum Gasteiger partial charge on any atom is -0.486 e. The van der Waals surface area contributed by atoms with Gasteiger partial charge in [-0.15, -0.1) is 0 Å². The van der Waals surface area contributed by atoms with Crippen LogP contribution in [0.1, 0.15) is 44.1 Å². The molecule has 1 saturated carbocycles. The number of nitrogens with zero attached hydrogens (tertiary/aromatic N) is 2. The number of rotatable bonds is 5.